The molecule has 3 aromatic heterocycles. The molecule has 0 aliphatic carbocycles. The van der Waals surface area contributed by atoms with Gasteiger partial charge in [-0.15, -0.1) is 34.0 Å². The Morgan fingerprint density at radius 2 is 1.96 bits per heavy atom. The molecule has 0 radical (unpaired) electrons. The number of thiazole rings is 1. The van der Waals surface area contributed by atoms with E-state index in [2.05, 4.69) is 15.6 Å². The van der Waals surface area contributed by atoms with Crippen molar-refractivity contribution in [2.75, 3.05) is 5.32 Å². The van der Waals surface area contributed by atoms with Crippen molar-refractivity contribution in [1.29, 1.82) is 0 Å². The summed E-state index contributed by atoms with van der Waals surface area (Å²) in [5.41, 5.74) is 0.663. The van der Waals surface area contributed by atoms with Gasteiger partial charge in [0.2, 0.25) is 11.8 Å². The molecule has 0 bridgehead atoms. The third-order valence-electron chi connectivity index (χ3n) is 3.31. The van der Waals surface area contributed by atoms with Crippen molar-refractivity contribution in [3.05, 3.63) is 55.4 Å². The molecule has 2 N–H and O–H groups in total. The standard InChI is InChI=1S/C17H17N3O2S3/c1-11-4-5-14(25-11)9-18-15(21)7-12-10-24-17(19-12)20-16(22)8-13-3-2-6-23-13/h2-6,10H,7-9H2,1H3,(H,18,21)(H,19,20,22). The normalized spacial score (nSPS) is 10.6. The van der Waals surface area contributed by atoms with Crippen LogP contribution in [0.3, 0.4) is 0 Å². The minimum atomic E-state index is -0.0964. The lowest BCUT2D eigenvalue weighted by molar-refractivity contribution is -0.120. The maximum atomic E-state index is 12.0. The fourth-order valence-corrected chi connectivity index (χ4v) is 4.43. The largest absolute Gasteiger partial charge is 0.351 e. The van der Waals surface area contributed by atoms with Crippen LogP contribution in [-0.4, -0.2) is 16.8 Å². The van der Waals surface area contributed by atoms with Gasteiger partial charge < -0.3 is 10.6 Å². The van der Waals surface area contributed by atoms with Crippen LogP contribution < -0.4 is 10.6 Å². The predicted molar refractivity (Wildman–Crippen MR) is 103 cm³/mol. The number of anilines is 1. The van der Waals surface area contributed by atoms with Crippen LogP contribution in [0.4, 0.5) is 5.13 Å². The fraction of sp³-hybridized carbons (Fsp3) is 0.235. The van der Waals surface area contributed by atoms with Gasteiger partial charge in [-0.3, -0.25) is 9.59 Å². The van der Waals surface area contributed by atoms with Crippen molar-refractivity contribution in [1.82, 2.24) is 10.3 Å². The molecular weight excluding hydrogens is 374 g/mol. The first-order chi connectivity index (χ1) is 12.1. The highest BCUT2D eigenvalue weighted by atomic mass is 32.1. The number of hydrogen-bond acceptors (Lipinski definition) is 6. The second kappa shape index (κ2) is 8.37. The molecule has 3 aromatic rings. The van der Waals surface area contributed by atoms with E-state index in [1.807, 2.05) is 36.6 Å². The van der Waals surface area contributed by atoms with Gasteiger partial charge in [0, 0.05) is 20.0 Å². The molecule has 25 heavy (non-hydrogen) atoms. The van der Waals surface area contributed by atoms with Crippen molar-refractivity contribution >= 4 is 51.0 Å². The molecule has 0 spiro atoms. The maximum absolute atomic E-state index is 12.0. The van der Waals surface area contributed by atoms with Crippen LogP contribution >= 0.6 is 34.0 Å². The molecule has 0 aliphatic heterocycles. The molecule has 130 valence electrons. The number of nitrogens with one attached hydrogen (secondary N) is 2. The van der Waals surface area contributed by atoms with E-state index in [-0.39, 0.29) is 18.2 Å². The molecule has 3 rings (SSSR count). The van der Waals surface area contributed by atoms with Crippen LogP contribution in [0.25, 0.3) is 0 Å². The average Bonchev–Trinajstić information content (AvgIpc) is 3.29. The van der Waals surface area contributed by atoms with Gasteiger partial charge in [0.15, 0.2) is 5.13 Å². The van der Waals surface area contributed by atoms with Gasteiger partial charge in [0.1, 0.15) is 0 Å². The number of nitrogens with zero attached hydrogens (tertiary/aromatic N) is 1. The van der Waals surface area contributed by atoms with Gasteiger partial charge in [0.05, 0.1) is 25.1 Å². The van der Waals surface area contributed by atoms with E-state index in [0.717, 1.165) is 9.75 Å². The summed E-state index contributed by atoms with van der Waals surface area (Å²) in [6.07, 6.45) is 0.551. The smallest absolute Gasteiger partial charge is 0.231 e. The average molecular weight is 392 g/mol. The molecule has 0 saturated carbocycles. The van der Waals surface area contributed by atoms with Crippen LogP contribution in [0.5, 0.6) is 0 Å². The Labute approximate surface area is 157 Å². The molecule has 0 aliphatic rings. The van der Waals surface area contributed by atoms with E-state index in [1.165, 1.54) is 16.2 Å². The van der Waals surface area contributed by atoms with Crippen LogP contribution in [0.1, 0.15) is 20.3 Å². The summed E-state index contributed by atoms with van der Waals surface area (Å²) >= 11 is 4.56. The Balaban J connectivity index is 1.46. The molecule has 0 aromatic carbocycles. The third-order valence-corrected chi connectivity index (χ3v) is 5.99. The summed E-state index contributed by atoms with van der Waals surface area (Å²) in [6.45, 7) is 2.57. The zero-order valence-electron chi connectivity index (χ0n) is 13.6. The van der Waals surface area contributed by atoms with Gasteiger partial charge in [-0.2, -0.15) is 0 Å². The summed E-state index contributed by atoms with van der Waals surface area (Å²) in [5, 5.41) is 9.94. The minimum Gasteiger partial charge on any atom is -0.351 e. The van der Waals surface area contributed by atoms with E-state index < -0.39 is 0 Å². The molecule has 3 heterocycles. The molecule has 0 unspecified atom stereocenters. The van der Waals surface area contributed by atoms with E-state index >= 15 is 0 Å². The molecular formula is C17H17N3O2S3. The van der Waals surface area contributed by atoms with Gasteiger partial charge in [0.25, 0.3) is 0 Å². The zero-order valence-corrected chi connectivity index (χ0v) is 16.0. The quantitative estimate of drug-likeness (QED) is 0.646. The van der Waals surface area contributed by atoms with Gasteiger partial charge >= 0.3 is 0 Å². The minimum absolute atomic E-state index is 0.0761. The Hall–Kier alpha value is -2.03. The topological polar surface area (TPSA) is 71.1 Å². The number of carbonyl (C=O) groups is 2. The van der Waals surface area contributed by atoms with Crippen LogP contribution in [0.2, 0.25) is 0 Å². The Kier molecular flexibility index (Phi) is 5.95. The van der Waals surface area contributed by atoms with E-state index in [1.54, 1.807) is 28.1 Å². The molecule has 0 saturated heterocycles. The number of aryl methyl sites for hydroxylation is 1. The molecule has 0 fully saturated rings. The number of rotatable bonds is 7. The van der Waals surface area contributed by atoms with Gasteiger partial charge in [-0.25, -0.2) is 4.98 Å². The first kappa shape index (κ1) is 17.8. The summed E-state index contributed by atoms with van der Waals surface area (Å²) < 4.78 is 0. The lowest BCUT2D eigenvalue weighted by Crippen LogP contribution is -2.24. The SMILES string of the molecule is Cc1ccc(CNC(=O)Cc2csc(NC(=O)Cc3cccs3)n2)s1. The van der Waals surface area contributed by atoms with Gasteiger partial charge in [-0.1, -0.05) is 6.07 Å². The van der Waals surface area contributed by atoms with Gasteiger partial charge in [-0.05, 0) is 30.5 Å². The fourth-order valence-electron chi connectivity index (χ4n) is 2.17. The van der Waals surface area contributed by atoms with Crippen molar-refractivity contribution in [2.45, 2.75) is 26.3 Å². The van der Waals surface area contributed by atoms with Crippen LogP contribution in [0.15, 0.2) is 35.0 Å². The summed E-state index contributed by atoms with van der Waals surface area (Å²) in [4.78, 5) is 31.6. The lowest BCUT2D eigenvalue weighted by Gasteiger charge is -2.02. The molecule has 8 heteroatoms. The zero-order chi connectivity index (χ0) is 17.6. The van der Waals surface area contributed by atoms with Crippen molar-refractivity contribution in [3.8, 4) is 0 Å². The first-order valence-corrected chi connectivity index (χ1v) is 10.2. The number of hydrogen-bond donors (Lipinski definition) is 2. The molecule has 5 nitrogen and oxygen atoms in total. The summed E-state index contributed by atoms with van der Waals surface area (Å²) in [6, 6.07) is 7.91. The van der Waals surface area contributed by atoms with E-state index in [0.29, 0.717) is 23.8 Å². The highest BCUT2D eigenvalue weighted by Gasteiger charge is 2.11. The van der Waals surface area contributed by atoms with Crippen molar-refractivity contribution in [3.63, 3.8) is 0 Å². The number of amides is 2. The lowest BCUT2D eigenvalue weighted by atomic mass is 10.3. The number of carbonyl (C=O) groups excluding carboxylic acids is 2. The summed E-state index contributed by atoms with van der Waals surface area (Å²) in [5.74, 6) is -0.173. The second-order valence-electron chi connectivity index (χ2n) is 5.41. The Bertz CT molecular complexity index is 852. The summed E-state index contributed by atoms with van der Waals surface area (Å²) in [7, 11) is 0. The van der Waals surface area contributed by atoms with Crippen molar-refractivity contribution < 1.29 is 9.59 Å². The highest BCUT2D eigenvalue weighted by Crippen LogP contribution is 2.18. The predicted octanol–water partition coefficient (Wildman–Crippen LogP) is 3.61. The monoisotopic (exact) mass is 391 g/mol. The van der Waals surface area contributed by atoms with Crippen LogP contribution in [-0.2, 0) is 29.0 Å². The number of thiophene rings is 2. The Morgan fingerprint density at radius 1 is 1.08 bits per heavy atom. The molecule has 2 amide bonds. The third kappa shape index (κ3) is 5.48. The van der Waals surface area contributed by atoms with Crippen molar-refractivity contribution in [2.24, 2.45) is 0 Å². The second-order valence-corrected chi connectivity index (χ2v) is 8.68. The maximum Gasteiger partial charge on any atom is 0.231 e. The molecule has 0 atom stereocenters. The van der Waals surface area contributed by atoms with E-state index in [9.17, 15) is 9.59 Å². The van der Waals surface area contributed by atoms with Crippen LogP contribution in [0, 0.1) is 6.92 Å². The Morgan fingerprint density at radius 3 is 2.68 bits per heavy atom. The van der Waals surface area contributed by atoms with E-state index in [4.69, 9.17) is 0 Å². The highest BCUT2D eigenvalue weighted by molar-refractivity contribution is 7.14. The number of aromatic nitrogens is 1. The first-order valence-electron chi connectivity index (χ1n) is 7.67.